The fraction of sp³-hybridized carbons (Fsp3) is 0.250. The van der Waals surface area contributed by atoms with Gasteiger partial charge >= 0.3 is 0 Å². The molecule has 7 heteroatoms. The maximum atomic E-state index is 13.5. The first-order valence-electron chi connectivity index (χ1n) is 8.62. The molecule has 0 radical (unpaired) electrons. The van der Waals surface area contributed by atoms with Gasteiger partial charge < -0.3 is 14.5 Å². The Kier molecular flexibility index (Phi) is 6.14. The number of nitrogens with one attached hydrogen (secondary N) is 1. The molecule has 0 aliphatic heterocycles. The number of halogens is 1. The van der Waals surface area contributed by atoms with Gasteiger partial charge in [-0.25, -0.2) is 4.39 Å². The average Bonchev–Trinajstić information content (AvgIpc) is 3.17. The van der Waals surface area contributed by atoms with E-state index in [0.29, 0.717) is 36.7 Å². The summed E-state index contributed by atoms with van der Waals surface area (Å²) >= 11 is 0. The summed E-state index contributed by atoms with van der Waals surface area (Å²) in [6.45, 7) is 0.376. The monoisotopic (exact) mass is 369 g/mol. The van der Waals surface area contributed by atoms with Gasteiger partial charge in [-0.1, -0.05) is 18.2 Å². The second-order valence-corrected chi connectivity index (χ2v) is 5.92. The number of hydrogen-bond donors (Lipinski definition) is 1. The van der Waals surface area contributed by atoms with E-state index in [-0.39, 0.29) is 18.1 Å². The van der Waals surface area contributed by atoms with Crippen LogP contribution in [0.3, 0.4) is 0 Å². The molecule has 1 aromatic heterocycles. The van der Waals surface area contributed by atoms with E-state index in [4.69, 9.17) is 9.15 Å². The Labute approximate surface area is 156 Å². The lowest BCUT2D eigenvalue weighted by Crippen LogP contribution is -2.26. The molecule has 0 aliphatic rings. The number of ether oxygens (including phenoxy) is 1. The third kappa shape index (κ3) is 5.13. The highest BCUT2D eigenvalue weighted by Crippen LogP contribution is 2.21. The van der Waals surface area contributed by atoms with Crippen molar-refractivity contribution in [3.63, 3.8) is 0 Å². The number of aromatic nitrogens is 2. The summed E-state index contributed by atoms with van der Waals surface area (Å²) in [5.74, 6) is 1.13. The van der Waals surface area contributed by atoms with Crippen LogP contribution in [-0.2, 0) is 17.6 Å². The van der Waals surface area contributed by atoms with Gasteiger partial charge in [0.2, 0.25) is 17.7 Å². The van der Waals surface area contributed by atoms with Crippen LogP contribution < -0.4 is 10.1 Å². The smallest absolute Gasteiger partial charge is 0.247 e. The van der Waals surface area contributed by atoms with E-state index in [1.54, 1.807) is 25.3 Å². The van der Waals surface area contributed by atoms with Gasteiger partial charge in [0.05, 0.1) is 7.11 Å². The predicted octanol–water partition coefficient (Wildman–Crippen LogP) is 3.18. The lowest BCUT2D eigenvalue weighted by atomic mass is 10.1. The average molecular weight is 369 g/mol. The number of methoxy groups -OCH3 is 1. The Morgan fingerprint density at radius 1 is 1.11 bits per heavy atom. The second kappa shape index (κ2) is 8.93. The zero-order valence-electron chi connectivity index (χ0n) is 14.9. The van der Waals surface area contributed by atoms with Crippen LogP contribution in [0.1, 0.15) is 17.9 Å². The van der Waals surface area contributed by atoms with Crippen LogP contribution in [0.2, 0.25) is 0 Å². The first kappa shape index (κ1) is 18.6. The topological polar surface area (TPSA) is 77.2 Å². The van der Waals surface area contributed by atoms with Crippen LogP contribution in [0.4, 0.5) is 4.39 Å². The minimum absolute atomic E-state index is 0.143. The second-order valence-electron chi connectivity index (χ2n) is 5.92. The largest absolute Gasteiger partial charge is 0.497 e. The highest BCUT2D eigenvalue weighted by atomic mass is 19.1. The number of rotatable bonds is 8. The minimum Gasteiger partial charge on any atom is -0.497 e. The quantitative estimate of drug-likeness (QED) is 0.660. The summed E-state index contributed by atoms with van der Waals surface area (Å²) in [5.41, 5.74) is 1.36. The van der Waals surface area contributed by atoms with Gasteiger partial charge in [0.1, 0.15) is 11.6 Å². The molecule has 0 saturated carbocycles. The molecule has 0 aliphatic carbocycles. The highest BCUT2D eigenvalue weighted by Gasteiger charge is 2.11. The van der Waals surface area contributed by atoms with Crippen molar-refractivity contribution in [2.24, 2.45) is 0 Å². The Morgan fingerprint density at radius 3 is 2.63 bits per heavy atom. The van der Waals surface area contributed by atoms with Crippen molar-refractivity contribution in [1.29, 1.82) is 0 Å². The van der Waals surface area contributed by atoms with Crippen molar-refractivity contribution >= 4 is 5.91 Å². The van der Waals surface area contributed by atoms with E-state index in [0.717, 1.165) is 11.3 Å². The molecule has 0 bridgehead atoms. The predicted molar refractivity (Wildman–Crippen MR) is 97.7 cm³/mol. The molecule has 0 spiro atoms. The molecule has 2 aromatic carbocycles. The molecule has 0 fully saturated rings. The summed E-state index contributed by atoms with van der Waals surface area (Å²) in [7, 11) is 1.60. The number of hydrogen-bond acceptors (Lipinski definition) is 5. The first-order chi connectivity index (χ1) is 13.2. The van der Waals surface area contributed by atoms with Crippen molar-refractivity contribution in [2.75, 3.05) is 13.7 Å². The Balaban J connectivity index is 1.45. The maximum Gasteiger partial charge on any atom is 0.247 e. The fourth-order valence-electron chi connectivity index (χ4n) is 2.55. The number of benzene rings is 2. The van der Waals surface area contributed by atoms with Crippen molar-refractivity contribution in [2.45, 2.75) is 19.3 Å². The molecule has 140 valence electrons. The van der Waals surface area contributed by atoms with Gasteiger partial charge in [-0.15, -0.1) is 10.2 Å². The van der Waals surface area contributed by atoms with E-state index in [1.807, 2.05) is 24.3 Å². The summed E-state index contributed by atoms with van der Waals surface area (Å²) in [5, 5.41) is 10.7. The Hall–Kier alpha value is -3.22. The lowest BCUT2D eigenvalue weighted by Gasteiger charge is -2.05. The third-order valence-corrected chi connectivity index (χ3v) is 4.04. The Morgan fingerprint density at radius 2 is 1.89 bits per heavy atom. The van der Waals surface area contributed by atoms with Gasteiger partial charge in [-0.3, -0.25) is 4.79 Å². The molecule has 6 nitrogen and oxygen atoms in total. The van der Waals surface area contributed by atoms with Gasteiger partial charge in [0.15, 0.2) is 0 Å². The van der Waals surface area contributed by atoms with E-state index < -0.39 is 0 Å². The summed E-state index contributed by atoms with van der Waals surface area (Å²) in [6.07, 6.45) is 1.01. The van der Waals surface area contributed by atoms with Crippen LogP contribution >= 0.6 is 0 Å². The molecule has 3 rings (SSSR count). The lowest BCUT2D eigenvalue weighted by molar-refractivity contribution is -0.121. The summed E-state index contributed by atoms with van der Waals surface area (Å²) < 4.78 is 24.2. The third-order valence-electron chi connectivity index (χ3n) is 4.04. The van der Waals surface area contributed by atoms with Crippen LogP contribution in [0.5, 0.6) is 5.75 Å². The number of carbonyl (C=O) groups is 1. The molecule has 1 N–H and O–H groups in total. The van der Waals surface area contributed by atoms with Crippen molar-refractivity contribution in [3.8, 4) is 17.2 Å². The first-order valence-corrected chi connectivity index (χ1v) is 8.62. The van der Waals surface area contributed by atoms with Gasteiger partial charge in [-0.2, -0.15) is 0 Å². The van der Waals surface area contributed by atoms with Crippen LogP contribution in [0.15, 0.2) is 52.9 Å². The molecular weight excluding hydrogens is 349 g/mol. The van der Waals surface area contributed by atoms with Crippen molar-refractivity contribution in [3.05, 3.63) is 65.8 Å². The van der Waals surface area contributed by atoms with E-state index in [1.165, 1.54) is 6.07 Å². The van der Waals surface area contributed by atoms with E-state index in [2.05, 4.69) is 15.5 Å². The normalized spacial score (nSPS) is 10.6. The molecule has 27 heavy (non-hydrogen) atoms. The number of aryl methyl sites for hydroxylation is 1. The van der Waals surface area contributed by atoms with Gasteiger partial charge in [0, 0.05) is 24.9 Å². The SMILES string of the molecule is COc1ccc(-c2nnc(CCC(=O)NCCc3ccccc3F)o2)cc1. The molecule has 1 amide bonds. The molecule has 0 saturated heterocycles. The standard InChI is InChI=1S/C20H20FN3O3/c1-26-16-8-6-15(7-9-16)20-24-23-19(27-20)11-10-18(25)22-13-12-14-4-2-3-5-17(14)21/h2-9H,10-13H2,1H3,(H,22,25). The molecule has 0 unspecified atom stereocenters. The fourth-order valence-corrected chi connectivity index (χ4v) is 2.55. The zero-order chi connectivity index (χ0) is 19.1. The van der Waals surface area contributed by atoms with E-state index >= 15 is 0 Å². The van der Waals surface area contributed by atoms with Gasteiger partial charge in [-0.05, 0) is 42.3 Å². The number of carbonyl (C=O) groups excluding carboxylic acids is 1. The summed E-state index contributed by atoms with van der Waals surface area (Å²) in [4.78, 5) is 11.9. The summed E-state index contributed by atoms with van der Waals surface area (Å²) in [6, 6.07) is 13.8. The number of nitrogens with zero attached hydrogens (tertiary/aromatic N) is 2. The number of amides is 1. The van der Waals surface area contributed by atoms with E-state index in [9.17, 15) is 9.18 Å². The van der Waals surface area contributed by atoms with Crippen LogP contribution in [0, 0.1) is 5.82 Å². The highest BCUT2D eigenvalue weighted by molar-refractivity contribution is 5.76. The Bertz CT molecular complexity index is 893. The van der Waals surface area contributed by atoms with Gasteiger partial charge in [0.25, 0.3) is 0 Å². The molecular formula is C20H20FN3O3. The zero-order valence-corrected chi connectivity index (χ0v) is 14.9. The van der Waals surface area contributed by atoms with Crippen LogP contribution in [-0.4, -0.2) is 29.8 Å². The van der Waals surface area contributed by atoms with Crippen molar-refractivity contribution in [1.82, 2.24) is 15.5 Å². The minimum atomic E-state index is -0.260. The van der Waals surface area contributed by atoms with Crippen LogP contribution in [0.25, 0.3) is 11.5 Å². The molecule has 0 atom stereocenters. The maximum absolute atomic E-state index is 13.5. The van der Waals surface area contributed by atoms with Crippen molar-refractivity contribution < 1.29 is 18.3 Å². The molecule has 1 heterocycles. The molecule has 3 aromatic rings.